The van der Waals surface area contributed by atoms with E-state index in [1.54, 1.807) is 0 Å². The Hall–Kier alpha value is -0.0800. The van der Waals surface area contributed by atoms with Gasteiger partial charge in [-0.15, -0.1) is 0 Å². The minimum absolute atomic E-state index is 0.219. The third-order valence-corrected chi connectivity index (χ3v) is 3.73. The molecule has 70 valence electrons. The van der Waals surface area contributed by atoms with Crippen LogP contribution in [0.4, 0.5) is 0 Å². The molecule has 0 aromatic carbocycles. The Bertz CT molecular complexity index is 180. The summed E-state index contributed by atoms with van der Waals surface area (Å²) in [7, 11) is 0. The van der Waals surface area contributed by atoms with Crippen LogP contribution >= 0.6 is 0 Å². The molecule has 1 aliphatic heterocycles. The molecule has 1 aliphatic carbocycles. The zero-order chi connectivity index (χ0) is 8.82. The Morgan fingerprint density at radius 3 is 2.08 bits per heavy atom. The van der Waals surface area contributed by atoms with Gasteiger partial charge < -0.3 is 9.47 Å². The first-order chi connectivity index (χ1) is 5.57. The van der Waals surface area contributed by atoms with Gasteiger partial charge in [-0.2, -0.15) is 0 Å². The van der Waals surface area contributed by atoms with Gasteiger partial charge in [-0.25, -0.2) is 0 Å². The summed E-state index contributed by atoms with van der Waals surface area (Å²) < 4.78 is 11.5. The lowest BCUT2D eigenvalue weighted by molar-refractivity contribution is -0.187. The lowest BCUT2D eigenvalue weighted by Gasteiger charge is -2.32. The van der Waals surface area contributed by atoms with Crippen LogP contribution < -0.4 is 0 Å². The molecular weight excluding hydrogens is 152 g/mol. The van der Waals surface area contributed by atoms with E-state index in [-0.39, 0.29) is 5.79 Å². The molecule has 0 amide bonds. The van der Waals surface area contributed by atoms with Gasteiger partial charge in [-0.1, -0.05) is 20.8 Å². The van der Waals surface area contributed by atoms with E-state index in [1.807, 2.05) is 0 Å². The molecule has 1 spiro atoms. The second-order valence-electron chi connectivity index (χ2n) is 4.72. The molecule has 0 aromatic heterocycles. The van der Waals surface area contributed by atoms with Gasteiger partial charge in [0.15, 0.2) is 5.79 Å². The predicted molar refractivity (Wildman–Crippen MR) is 46.8 cm³/mol. The highest BCUT2D eigenvalue weighted by Crippen LogP contribution is 2.52. The summed E-state index contributed by atoms with van der Waals surface area (Å²) >= 11 is 0. The van der Waals surface area contributed by atoms with Crippen molar-refractivity contribution in [2.24, 2.45) is 11.3 Å². The van der Waals surface area contributed by atoms with E-state index < -0.39 is 0 Å². The van der Waals surface area contributed by atoms with Crippen LogP contribution in [-0.2, 0) is 9.47 Å². The molecule has 2 fully saturated rings. The van der Waals surface area contributed by atoms with Gasteiger partial charge in [0.05, 0.1) is 13.2 Å². The second-order valence-corrected chi connectivity index (χ2v) is 4.72. The van der Waals surface area contributed by atoms with Crippen molar-refractivity contribution < 1.29 is 9.47 Å². The summed E-state index contributed by atoms with van der Waals surface area (Å²) in [5, 5.41) is 0. The Morgan fingerprint density at radius 2 is 1.67 bits per heavy atom. The smallest absolute Gasteiger partial charge is 0.171 e. The summed E-state index contributed by atoms with van der Waals surface area (Å²) in [5.41, 5.74) is 0.379. The summed E-state index contributed by atoms with van der Waals surface area (Å²) in [4.78, 5) is 0. The number of hydrogen-bond acceptors (Lipinski definition) is 2. The summed E-state index contributed by atoms with van der Waals surface area (Å²) in [6, 6.07) is 0. The van der Waals surface area contributed by atoms with Crippen LogP contribution in [0, 0.1) is 11.3 Å². The van der Waals surface area contributed by atoms with Crippen LogP contribution in [0.3, 0.4) is 0 Å². The predicted octanol–water partition coefficient (Wildman–Crippen LogP) is 2.19. The Morgan fingerprint density at radius 1 is 1.08 bits per heavy atom. The van der Waals surface area contributed by atoms with E-state index in [9.17, 15) is 0 Å². The van der Waals surface area contributed by atoms with Gasteiger partial charge >= 0.3 is 0 Å². The normalized spacial score (nSPS) is 37.8. The van der Waals surface area contributed by atoms with Crippen LogP contribution in [0.2, 0.25) is 0 Å². The van der Waals surface area contributed by atoms with Crippen molar-refractivity contribution >= 4 is 0 Å². The van der Waals surface area contributed by atoms with Crippen LogP contribution in [0.1, 0.15) is 33.6 Å². The third-order valence-electron chi connectivity index (χ3n) is 3.73. The molecule has 2 aliphatic rings. The van der Waals surface area contributed by atoms with E-state index in [0.29, 0.717) is 11.3 Å². The first-order valence-electron chi connectivity index (χ1n) is 4.85. The van der Waals surface area contributed by atoms with Crippen LogP contribution in [0.15, 0.2) is 0 Å². The topological polar surface area (TPSA) is 18.5 Å². The minimum atomic E-state index is -0.219. The molecule has 1 heterocycles. The molecular formula is C10H18O2. The van der Waals surface area contributed by atoms with Crippen molar-refractivity contribution in [1.29, 1.82) is 0 Å². The zero-order valence-electron chi connectivity index (χ0n) is 8.22. The van der Waals surface area contributed by atoms with Crippen LogP contribution in [0.5, 0.6) is 0 Å². The maximum atomic E-state index is 5.73. The monoisotopic (exact) mass is 170 g/mol. The van der Waals surface area contributed by atoms with Gasteiger partial charge in [-0.05, 0) is 11.8 Å². The van der Waals surface area contributed by atoms with Crippen LogP contribution in [0.25, 0.3) is 0 Å². The average Bonchev–Trinajstić information content (AvgIpc) is 2.55. The van der Waals surface area contributed by atoms with E-state index in [1.165, 1.54) is 6.42 Å². The van der Waals surface area contributed by atoms with Crippen molar-refractivity contribution in [3.8, 4) is 0 Å². The average molecular weight is 170 g/mol. The van der Waals surface area contributed by atoms with Crippen LogP contribution in [-0.4, -0.2) is 19.0 Å². The Kier molecular flexibility index (Phi) is 1.74. The van der Waals surface area contributed by atoms with Gasteiger partial charge in [0.1, 0.15) is 0 Å². The molecule has 1 atom stereocenters. The highest BCUT2D eigenvalue weighted by Gasteiger charge is 2.53. The van der Waals surface area contributed by atoms with Gasteiger partial charge in [0.2, 0.25) is 0 Å². The van der Waals surface area contributed by atoms with E-state index >= 15 is 0 Å². The second kappa shape index (κ2) is 2.46. The summed E-state index contributed by atoms with van der Waals surface area (Å²) in [6.45, 7) is 8.41. The van der Waals surface area contributed by atoms with Crippen molar-refractivity contribution in [2.75, 3.05) is 13.2 Å². The molecule has 1 saturated heterocycles. The molecule has 1 unspecified atom stereocenters. The Labute approximate surface area is 74.2 Å². The lowest BCUT2D eigenvalue weighted by Crippen LogP contribution is -2.37. The quantitative estimate of drug-likeness (QED) is 0.555. The first-order valence-corrected chi connectivity index (χ1v) is 4.85. The summed E-state index contributed by atoms with van der Waals surface area (Å²) in [6.07, 6.45) is 2.29. The fraction of sp³-hybridized carbons (Fsp3) is 1.00. The highest BCUT2D eigenvalue weighted by molar-refractivity contribution is 4.96. The van der Waals surface area contributed by atoms with Gasteiger partial charge in [-0.3, -0.25) is 0 Å². The van der Waals surface area contributed by atoms with Crippen molar-refractivity contribution in [3.63, 3.8) is 0 Å². The van der Waals surface area contributed by atoms with Gasteiger partial charge in [0, 0.05) is 12.3 Å². The maximum absolute atomic E-state index is 5.73. The fourth-order valence-corrected chi connectivity index (χ4v) is 2.39. The standard InChI is InChI=1S/C10H18O2/c1-8-9(2,3)4-5-10(8)11-6-7-12-10/h8H,4-7H2,1-3H3. The van der Waals surface area contributed by atoms with E-state index in [0.717, 1.165) is 19.6 Å². The molecule has 0 radical (unpaired) electrons. The number of rotatable bonds is 0. The number of ether oxygens (including phenoxy) is 2. The van der Waals surface area contributed by atoms with Crippen molar-refractivity contribution in [1.82, 2.24) is 0 Å². The van der Waals surface area contributed by atoms with E-state index in [4.69, 9.17) is 9.47 Å². The molecule has 2 heteroatoms. The molecule has 12 heavy (non-hydrogen) atoms. The molecule has 1 saturated carbocycles. The minimum Gasteiger partial charge on any atom is -0.347 e. The largest absolute Gasteiger partial charge is 0.347 e. The van der Waals surface area contributed by atoms with Crippen molar-refractivity contribution in [3.05, 3.63) is 0 Å². The molecule has 0 aromatic rings. The Balaban J connectivity index is 2.19. The van der Waals surface area contributed by atoms with Gasteiger partial charge in [0.25, 0.3) is 0 Å². The van der Waals surface area contributed by atoms with E-state index in [2.05, 4.69) is 20.8 Å². The lowest BCUT2D eigenvalue weighted by atomic mass is 9.82. The zero-order valence-corrected chi connectivity index (χ0v) is 8.22. The molecule has 0 N–H and O–H groups in total. The summed E-state index contributed by atoms with van der Waals surface area (Å²) in [5.74, 6) is 0.302. The highest BCUT2D eigenvalue weighted by atomic mass is 16.7. The maximum Gasteiger partial charge on any atom is 0.171 e. The fourth-order valence-electron chi connectivity index (χ4n) is 2.39. The molecule has 2 rings (SSSR count). The molecule has 2 nitrogen and oxygen atoms in total. The number of hydrogen-bond donors (Lipinski definition) is 0. The first kappa shape index (κ1) is 8.52. The van der Waals surface area contributed by atoms with Crippen molar-refractivity contribution in [2.45, 2.75) is 39.4 Å². The SMILES string of the molecule is CC1C(C)(C)CCC12OCCO2. The third kappa shape index (κ3) is 1.01. The molecule has 0 bridgehead atoms.